The Morgan fingerprint density at radius 1 is 1.46 bits per heavy atom. The molecule has 13 heavy (non-hydrogen) atoms. The van der Waals surface area contributed by atoms with E-state index >= 15 is 0 Å². The van der Waals surface area contributed by atoms with Crippen LogP contribution in [-0.2, 0) is 9.53 Å². The lowest BCUT2D eigenvalue weighted by Gasteiger charge is -2.31. The molecular weight excluding hydrogens is 164 g/mol. The van der Waals surface area contributed by atoms with Crippen molar-refractivity contribution < 1.29 is 9.53 Å². The first-order chi connectivity index (χ1) is 5.96. The van der Waals surface area contributed by atoms with Crippen molar-refractivity contribution in [2.75, 3.05) is 7.11 Å². The molecule has 0 heterocycles. The first-order valence-electron chi connectivity index (χ1n) is 4.73. The number of hydrogen-bond donors (Lipinski definition) is 0. The molecule has 1 rings (SSSR count). The van der Waals surface area contributed by atoms with E-state index < -0.39 is 0 Å². The average Bonchev–Trinajstić information content (AvgIpc) is 2.01. The third-order valence-corrected chi connectivity index (χ3v) is 2.74. The molecule has 0 spiro atoms. The van der Waals surface area contributed by atoms with Gasteiger partial charge in [0.2, 0.25) is 0 Å². The number of rotatable bonds is 1. The molecule has 0 atom stereocenters. The number of carbonyl (C=O) groups excluding carboxylic acids is 1. The monoisotopic (exact) mass is 182 g/mol. The molecule has 0 aliphatic heterocycles. The normalized spacial score (nSPS) is 21.5. The van der Waals surface area contributed by atoms with Gasteiger partial charge >= 0.3 is 5.97 Å². The molecule has 2 heteroatoms. The second-order valence-corrected chi connectivity index (χ2v) is 4.59. The zero-order valence-corrected chi connectivity index (χ0v) is 8.94. The summed E-state index contributed by atoms with van der Waals surface area (Å²) in [6, 6.07) is 0. The van der Waals surface area contributed by atoms with Gasteiger partial charge in [0.05, 0.1) is 7.11 Å². The Morgan fingerprint density at radius 3 is 2.54 bits per heavy atom. The van der Waals surface area contributed by atoms with Crippen LogP contribution in [-0.4, -0.2) is 13.1 Å². The van der Waals surface area contributed by atoms with Crippen LogP contribution in [0.3, 0.4) is 0 Å². The van der Waals surface area contributed by atoms with Crippen LogP contribution in [0.1, 0.15) is 40.0 Å². The SMILES string of the molecule is COC(=O)C1=C(C)CC(C)(C)CC1. The molecular formula is C11H18O2. The Kier molecular flexibility index (Phi) is 2.79. The minimum Gasteiger partial charge on any atom is -0.466 e. The molecule has 0 radical (unpaired) electrons. The second kappa shape index (κ2) is 3.52. The lowest BCUT2D eigenvalue weighted by molar-refractivity contribution is -0.136. The van der Waals surface area contributed by atoms with Gasteiger partial charge in [0.15, 0.2) is 0 Å². The highest BCUT2D eigenvalue weighted by atomic mass is 16.5. The number of carbonyl (C=O) groups is 1. The van der Waals surface area contributed by atoms with E-state index in [-0.39, 0.29) is 5.97 Å². The van der Waals surface area contributed by atoms with E-state index in [1.54, 1.807) is 0 Å². The van der Waals surface area contributed by atoms with Crippen molar-refractivity contribution >= 4 is 5.97 Å². The largest absolute Gasteiger partial charge is 0.466 e. The third-order valence-electron chi connectivity index (χ3n) is 2.74. The van der Waals surface area contributed by atoms with Crippen molar-refractivity contribution in [1.82, 2.24) is 0 Å². The van der Waals surface area contributed by atoms with Gasteiger partial charge < -0.3 is 4.74 Å². The molecule has 0 unspecified atom stereocenters. The fourth-order valence-corrected chi connectivity index (χ4v) is 1.99. The van der Waals surface area contributed by atoms with E-state index in [2.05, 4.69) is 13.8 Å². The summed E-state index contributed by atoms with van der Waals surface area (Å²) in [5, 5.41) is 0. The first-order valence-corrected chi connectivity index (χ1v) is 4.73. The van der Waals surface area contributed by atoms with Crippen LogP contribution in [0, 0.1) is 5.41 Å². The minimum atomic E-state index is -0.145. The molecule has 74 valence electrons. The summed E-state index contributed by atoms with van der Waals surface area (Å²) in [5.41, 5.74) is 2.44. The highest BCUT2D eigenvalue weighted by Crippen LogP contribution is 2.38. The maximum absolute atomic E-state index is 11.3. The van der Waals surface area contributed by atoms with Crippen molar-refractivity contribution in [3.05, 3.63) is 11.1 Å². The molecule has 0 aromatic rings. The molecule has 0 amide bonds. The van der Waals surface area contributed by atoms with Gasteiger partial charge in [0, 0.05) is 5.57 Å². The highest BCUT2D eigenvalue weighted by molar-refractivity contribution is 5.89. The highest BCUT2D eigenvalue weighted by Gasteiger charge is 2.28. The van der Waals surface area contributed by atoms with Gasteiger partial charge in [-0.2, -0.15) is 0 Å². The maximum Gasteiger partial charge on any atom is 0.333 e. The predicted molar refractivity (Wildman–Crippen MR) is 52.3 cm³/mol. The summed E-state index contributed by atoms with van der Waals surface area (Å²) in [4.78, 5) is 11.3. The van der Waals surface area contributed by atoms with Crippen molar-refractivity contribution in [2.45, 2.75) is 40.0 Å². The van der Waals surface area contributed by atoms with Crippen LogP contribution < -0.4 is 0 Å². The van der Waals surface area contributed by atoms with Crippen molar-refractivity contribution in [3.8, 4) is 0 Å². The Hall–Kier alpha value is -0.790. The maximum atomic E-state index is 11.3. The van der Waals surface area contributed by atoms with Gasteiger partial charge in [-0.05, 0) is 31.6 Å². The van der Waals surface area contributed by atoms with Crippen LogP contribution in [0.25, 0.3) is 0 Å². The number of ether oxygens (including phenoxy) is 1. The van der Waals surface area contributed by atoms with Crippen LogP contribution in [0.2, 0.25) is 0 Å². The number of allylic oxidation sites excluding steroid dienone is 1. The molecule has 0 aromatic carbocycles. The first kappa shape index (κ1) is 10.3. The summed E-state index contributed by atoms with van der Waals surface area (Å²) in [7, 11) is 1.45. The van der Waals surface area contributed by atoms with E-state index in [0.29, 0.717) is 5.41 Å². The molecule has 0 N–H and O–H groups in total. The van der Waals surface area contributed by atoms with Crippen molar-refractivity contribution in [2.24, 2.45) is 5.41 Å². The van der Waals surface area contributed by atoms with Crippen LogP contribution in [0.5, 0.6) is 0 Å². The second-order valence-electron chi connectivity index (χ2n) is 4.59. The van der Waals surface area contributed by atoms with Crippen molar-refractivity contribution in [3.63, 3.8) is 0 Å². The average molecular weight is 182 g/mol. The van der Waals surface area contributed by atoms with Crippen LogP contribution in [0.4, 0.5) is 0 Å². The lowest BCUT2D eigenvalue weighted by atomic mass is 9.75. The fraction of sp³-hybridized carbons (Fsp3) is 0.727. The zero-order valence-electron chi connectivity index (χ0n) is 8.94. The summed E-state index contributed by atoms with van der Waals surface area (Å²) < 4.78 is 4.73. The summed E-state index contributed by atoms with van der Waals surface area (Å²) in [5.74, 6) is -0.145. The minimum absolute atomic E-state index is 0.145. The zero-order chi connectivity index (χ0) is 10.1. The quantitative estimate of drug-likeness (QED) is 0.583. The number of methoxy groups -OCH3 is 1. The Balaban J connectivity index is 2.83. The van der Waals surface area contributed by atoms with E-state index in [1.807, 2.05) is 6.92 Å². The molecule has 1 aliphatic carbocycles. The Labute approximate surface area is 80.0 Å². The van der Waals surface area contributed by atoms with E-state index in [9.17, 15) is 4.79 Å². The Morgan fingerprint density at radius 2 is 2.08 bits per heavy atom. The van der Waals surface area contributed by atoms with Gasteiger partial charge in [0.25, 0.3) is 0 Å². The molecule has 2 nitrogen and oxygen atoms in total. The van der Waals surface area contributed by atoms with E-state index in [1.165, 1.54) is 12.7 Å². The smallest absolute Gasteiger partial charge is 0.333 e. The molecule has 0 saturated heterocycles. The van der Waals surface area contributed by atoms with Gasteiger partial charge in [-0.1, -0.05) is 19.4 Å². The predicted octanol–water partition coefficient (Wildman–Crippen LogP) is 2.69. The molecule has 0 bridgehead atoms. The van der Waals surface area contributed by atoms with Gasteiger partial charge in [0.1, 0.15) is 0 Å². The van der Waals surface area contributed by atoms with E-state index in [0.717, 1.165) is 24.8 Å². The molecule has 0 saturated carbocycles. The summed E-state index contributed by atoms with van der Waals surface area (Å²) in [6.45, 7) is 6.52. The number of hydrogen-bond acceptors (Lipinski definition) is 2. The Bertz CT molecular complexity index is 249. The number of esters is 1. The molecule has 0 fully saturated rings. The summed E-state index contributed by atoms with van der Waals surface area (Å²) in [6.07, 6.45) is 2.96. The molecule has 0 aromatic heterocycles. The third kappa shape index (κ3) is 2.33. The fourth-order valence-electron chi connectivity index (χ4n) is 1.99. The van der Waals surface area contributed by atoms with Gasteiger partial charge in [-0.15, -0.1) is 0 Å². The van der Waals surface area contributed by atoms with Crippen LogP contribution in [0.15, 0.2) is 11.1 Å². The van der Waals surface area contributed by atoms with Crippen molar-refractivity contribution in [1.29, 1.82) is 0 Å². The van der Waals surface area contributed by atoms with E-state index in [4.69, 9.17) is 4.74 Å². The van der Waals surface area contributed by atoms with Gasteiger partial charge in [-0.25, -0.2) is 4.79 Å². The standard InChI is InChI=1S/C11H18O2/c1-8-7-11(2,3)6-5-9(8)10(12)13-4/h5-7H2,1-4H3. The van der Waals surface area contributed by atoms with Gasteiger partial charge in [-0.3, -0.25) is 0 Å². The topological polar surface area (TPSA) is 26.3 Å². The lowest BCUT2D eigenvalue weighted by Crippen LogP contribution is -2.21. The molecule has 1 aliphatic rings. The summed E-state index contributed by atoms with van der Waals surface area (Å²) >= 11 is 0. The van der Waals surface area contributed by atoms with Crippen LogP contribution >= 0.6 is 0 Å².